The number of ether oxygens (including phenoxy) is 2. The van der Waals surface area contributed by atoms with Crippen LogP contribution in [0.25, 0.3) is 0 Å². The highest BCUT2D eigenvalue weighted by molar-refractivity contribution is 7.89. The first-order valence-electron chi connectivity index (χ1n) is 6.85. The predicted octanol–water partition coefficient (Wildman–Crippen LogP) is 0.418. The Morgan fingerprint density at radius 2 is 1.91 bits per heavy atom. The van der Waals surface area contributed by atoms with Gasteiger partial charge in [-0.2, -0.15) is 4.31 Å². The number of hydrogen-bond acceptors (Lipinski definition) is 5. The molecule has 22 heavy (non-hydrogen) atoms. The van der Waals surface area contributed by atoms with Crippen molar-refractivity contribution in [2.24, 2.45) is 0 Å². The van der Waals surface area contributed by atoms with Gasteiger partial charge in [0.1, 0.15) is 10.6 Å². The molecule has 0 bridgehead atoms. The van der Waals surface area contributed by atoms with E-state index >= 15 is 0 Å². The number of morpholine rings is 1. The lowest BCUT2D eigenvalue weighted by Gasteiger charge is -2.27. The third-order valence-electron chi connectivity index (χ3n) is 3.40. The highest BCUT2D eigenvalue weighted by Crippen LogP contribution is 2.28. The maximum Gasteiger partial charge on any atom is 0.253 e. The molecule has 1 heterocycles. The largest absolute Gasteiger partial charge is 0.495 e. The van der Waals surface area contributed by atoms with Crippen LogP contribution in [0.4, 0.5) is 0 Å². The molecule has 0 radical (unpaired) electrons. The van der Waals surface area contributed by atoms with Gasteiger partial charge in [0.05, 0.1) is 20.3 Å². The molecule has 0 saturated carbocycles. The molecule has 1 amide bonds. The second kappa shape index (κ2) is 6.64. The molecule has 0 N–H and O–H groups in total. The summed E-state index contributed by atoms with van der Waals surface area (Å²) in [5, 5.41) is 0. The lowest BCUT2D eigenvalue weighted by Crippen LogP contribution is -2.40. The van der Waals surface area contributed by atoms with E-state index in [1.54, 1.807) is 20.2 Å². The Morgan fingerprint density at radius 3 is 2.45 bits per heavy atom. The van der Waals surface area contributed by atoms with E-state index in [4.69, 9.17) is 9.47 Å². The second-order valence-corrected chi connectivity index (χ2v) is 6.99. The van der Waals surface area contributed by atoms with E-state index in [-0.39, 0.29) is 29.6 Å². The average molecular weight is 328 g/mol. The van der Waals surface area contributed by atoms with Crippen molar-refractivity contribution in [1.82, 2.24) is 9.21 Å². The molecule has 1 aromatic carbocycles. The Labute approximate surface area is 130 Å². The minimum absolute atomic E-state index is 0.00426. The molecule has 0 atom stereocenters. The number of amides is 1. The summed E-state index contributed by atoms with van der Waals surface area (Å²) in [5.74, 6) is -0.0390. The molecule has 0 spiro atoms. The smallest absolute Gasteiger partial charge is 0.253 e. The van der Waals surface area contributed by atoms with Crippen molar-refractivity contribution < 1.29 is 22.7 Å². The minimum Gasteiger partial charge on any atom is -0.495 e. The van der Waals surface area contributed by atoms with Crippen LogP contribution in [0.5, 0.6) is 5.75 Å². The molecule has 8 heteroatoms. The number of methoxy groups -OCH3 is 1. The van der Waals surface area contributed by atoms with E-state index in [0.717, 1.165) is 0 Å². The third-order valence-corrected chi connectivity index (χ3v) is 5.32. The zero-order chi connectivity index (χ0) is 16.3. The normalized spacial score (nSPS) is 16.3. The van der Waals surface area contributed by atoms with Crippen LogP contribution in [0.2, 0.25) is 0 Å². The van der Waals surface area contributed by atoms with Gasteiger partial charge in [0.2, 0.25) is 10.0 Å². The number of nitrogens with zero attached hydrogens (tertiary/aromatic N) is 2. The monoisotopic (exact) mass is 328 g/mol. The summed E-state index contributed by atoms with van der Waals surface area (Å²) in [6, 6.07) is 4.43. The quantitative estimate of drug-likeness (QED) is 0.800. The molecule has 1 aliphatic rings. The fraction of sp³-hybridized carbons (Fsp3) is 0.500. The first kappa shape index (κ1) is 16.7. The molecular formula is C14H20N2O5S. The van der Waals surface area contributed by atoms with Crippen LogP contribution < -0.4 is 4.74 Å². The minimum atomic E-state index is -3.73. The maximum absolute atomic E-state index is 12.8. The SMILES string of the molecule is COc1ccc(C(=O)N(C)C)cc1S(=O)(=O)N1CCOCC1. The number of carbonyl (C=O) groups is 1. The summed E-state index contributed by atoms with van der Waals surface area (Å²) in [7, 11) is 0.903. The van der Waals surface area contributed by atoms with Gasteiger partial charge >= 0.3 is 0 Å². The molecule has 0 aliphatic carbocycles. The van der Waals surface area contributed by atoms with Crippen molar-refractivity contribution in [2.45, 2.75) is 4.90 Å². The molecule has 7 nitrogen and oxygen atoms in total. The van der Waals surface area contributed by atoms with Crippen molar-refractivity contribution in [3.8, 4) is 5.75 Å². The van der Waals surface area contributed by atoms with Gasteiger partial charge in [0.15, 0.2) is 0 Å². The molecule has 0 aromatic heterocycles. The summed E-state index contributed by atoms with van der Waals surface area (Å²) in [4.78, 5) is 13.5. The van der Waals surface area contributed by atoms with Gasteiger partial charge in [-0.3, -0.25) is 4.79 Å². The highest BCUT2D eigenvalue weighted by Gasteiger charge is 2.30. The van der Waals surface area contributed by atoms with Gasteiger partial charge in [-0.25, -0.2) is 8.42 Å². The summed E-state index contributed by atoms with van der Waals surface area (Å²) < 4.78 is 37.2. The number of sulfonamides is 1. The lowest BCUT2D eigenvalue weighted by atomic mass is 10.2. The van der Waals surface area contributed by atoms with Crippen LogP contribution in [0.1, 0.15) is 10.4 Å². The standard InChI is InChI=1S/C14H20N2O5S/c1-15(2)14(17)11-4-5-12(20-3)13(10-11)22(18,19)16-6-8-21-9-7-16/h4-5,10H,6-9H2,1-3H3. The molecule has 1 aliphatic heterocycles. The van der Waals surface area contributed by atoms with Crippen LogP contribution in [0, 0.1) is 0 Å². The second-order valence-electron chi connectivity index (χ2n) is 5.08. The van der Waals surface area contributed by atoms with E-state index in [1.807, 2.05) is 0 Å². The van der Waals surface area contributed by atoms with Crippen LogP contribution >= 0.6 is 0 Å². The van der Waals surface area contributed by atoms with Crippen LogP contribution in [-0.4, -0.2) is 71.0 Å². The van der Waals surface area contributed by atoms with Gasteiger partial charge in [0, 0.05) is 32.7 Å². The van der Waals surface area contributed by atoms with Crippen molar-refractivity contribution >= 4 is 15.9 Å². The van der Waals surface area contributed by atoms with Crippen LogP contribution in [0.15, 0.2) is 23.1 Å². The van der Waals surface area contributed by atoms with Gasteiger partial charge in [0.25, 0.3) is 5.91 Å². The van der Waals surface area contributed by atoms with Gasteiger partial charge in [-0.05, 0) is 18.2 Å². The van der Waals surface area contributed by atoms with Crippen molar-refractivity contribution in [2.75, 3.05) is 47.5 Å². The van der Waals surface area contributed by atoms with Crippen molar-refractivity contribution in [3.05, 3.63) is 23.8 Å². The fourth-order valence-electron chi connectivity index (χ4n) is 2.20. The average Bonchev–Trinajstić information content (AvgIpc) is 2.54. The Morgan fingerprint density at radius 1 is 1.27 bits per heavy atom. The summed E-state index contributed by atoms with van der Waals surface area (Å²) >= 11 is 0. The van der Waals surface area contributed by atoms with E-state index in [1.165, 1.54) is 28.4 Å². The Balaban J connectivity index is 2.47. The first-order chi connectivity index (χ1) is 10.4. The van der Waals surface area contributed by atoms with E-state index in [9.17, 15) is 13.2 Å². The lowest BCUT2D eigenvalue weighted by molar-refractivity contribution is 0.0729. The third kappa shape index (κ3) is 3.23. The van der Waals surface area contributed by atoms with E-state index in [0.29, 0.717) is 18.8 Å². The Kier molecular flexibility index (Phi) is 5.05. The van der Waals surface area contributed by atoms with Crippen LogP contribution in [-0.2, 0) is 14.8 Å². The first-order valence-corrected chi connectivity index (χ1v) is 8.29. The van der Waals surface area contributed by atoms with Gasteiger partial charge < -0.3 is 14.4 Å². The molecule has 1 saturated heterocycles. The van der Waals surface area contributed by atoms with Crippen LogP contribution in [0.3, 0.4) is 0 Å². The summed E-state index contributed by atoms with van der Waals surface area (Å²) in [5.41, 5.74) is 0.303. The number of hydrogen-bond donors (Lipinski definition) is 0. The zero-order valence-electron chi connectivity index (χ0n) is 12.9. The Bertz CT molecular complexity index is 651. The van der Waals surface area contributed by atoms with E-state index < -0.39 is 10.0 Å². The van der Waals surface area contributed by atoms with E-state index in [2.05, 4.69) is 0 Å². The highest BCUT2D eigenvalue weighted by atomic mass is 32.2. The summed E-state index contributed by atoms with van der Waals surface area (Å²) in [6.45, 7) is 1.30. The molecule has 0 unspecified atom stereocenters. The zero-order valence-corrected chi connectivity index (χ0v) is 13.7. The predicted molar refractivity (Wildman–Crippen MR) is 80.6 cm³/mol. The Hall–Kier alpha value is -1.64. The fourth-order valence-corrected chi connectivity index (χ4v) is 3.79. The number of carbonyl (C=O) groups excluding carboxylic acids is 1. The molecule has 122 valence electrons. The molecule has 1 fully saturated rings. The molecule has 1 aromatic rings. The number of rotatable bonds is 4. The van der Waals surface area contributed by atoms with Crippen molar-refractivity contribution in [1.29, 1.82) is 0 Å². The topological polar surface area (TPSA) is 76.2 Å². The maximum atomic E-state index is 12.8. The summed E-state index contributed by atoms with van der Waals surface area (Å²) in [6.07, 6.45) is 0. The molecular weight excluding hydrogens is 308 g/mol. The van der Waals surface area contributed by atoms with Crippen molar-refractivity contribution in [3.63, 3.8) is 0 Å². The van der Waals surface area contributed by atoms with Gasteiger partial charge in [-0.15, -0.1) is 0 Å². The van der Waals surface area contributed by atoms with Gasteiger partial charge in [-0.1, -0.05) is 0 Å². The molecule has 2 rings (SSSR count). The number of benzene rings is 1.